The van der Waals surface area contributed by atoms with Gasteiger partial charge in [-0.15, -0.1) is 0 Å². The molecule has 4 rings (SSSR count). The molecular weight excluding hydrogens is 342 g/mol. The van der Waals surface area contributed by atoms with Crippen LogP contribution in [-0.4, -0.2) is 22.0 Å². The summed E-state index contributed by atoms with van der Waals surface area (Å²) in [5.74, 6) is -0.624. The Hall–Kier alpha value is -2.56. The number of nitrogens with one attached hydrogen (secondary N) is 1. The number of ketones is 1. The Bertz CT molecular complexity index is 861. The predicted octanol–water partition coefficient (Wildman–Crippen LogP) is 3.86. The molecule has 0 aromatic heterocycles. The number of carbonyl (C=O) groups is 2. The highest BCUT2D eigenvalue weighted by atomic mass is 16.4. The lowest BCUT2D eigenvalue weighted by molar-refractivity contribution is -0.133. The van der Waals surface area contributed by atoms with Gasteiger partial charge in [0.05, 0.1) is 5.57 Å². The third-order valence-electron chi connectivity index (χ3n) is 6.36. The maximum Gasteiger partial charge on any atom is 0.334 e. The number of carbonyl (C=O) groups excluding carboxylic acids is 1. The second-order valence-corrected chi connectivity index (χ2v) is 8.03. The Morgan fingerprint density at radius 2 is 1.89 bits per heavy atom. The van der Waals surface area contributed by atoms with Crippen molar-refractivity contribution in [3.8, 4) is 5.75 Å². The zero-order valence-electron chi connectivity index (χ0n) is 15.5. The monoisotopic (exact) mass is 367 g/mol. The number of dihydropyridines is 1. The zero-order chi connectivity index (χ0) is 19.1. The van der Waals surface area contributed by atoms with E-state index in [2.05, 4.69) is 5.32 Å². The standard InChI is InChI=1S/C22H25NO4/c1-12-19(22(26)27)20(14-7-4-8-16(24)9-14)21-17(23-12)10-15(11-18(21)25)13-5-2-3-6-13/h4,7-9,13,15,20,23-24H,2-3,5-6,10-11H2,1H3,(H,26,27). The van der Waals surface area contributed by atoms with Gasteiger partial charge in [0, 0.05) is 29.3 Å². The number of Topliss-reactive ketones (excluding diaryl/α,β-unsaturated/α-hetero) is 1. The van der Waals surface area contributed by atoms with E-state index in [1.807, 2.05) is 0 Å². The predicted molar refractivity (Wildman–Crippen MR) is 101 cm³/mol. The highest BCUT2D eigenvalue weighted by Crippen LogP contribution is 2.47. The molecule has 1 saturated carbocycles. The molecule has 0 bridgehead atoms. The maximum atomic E-state index is 13.2. The molecule has 2 unspecified atom stereocenters. The van der Waals surface area contributed by atoms with E-state index < -0.39 is 11.9 Å². The summed E-state index contributed by atoms with van der Waals surface area (Å²) in [7, 11) is 0. The van der Waals surface area contributed by atoms with Gasteiger partial charge in [0.25, 0.3) is 0 Å². The van der Waals surface area contributed by atoms with Crippen molar-refractivity contribution in [3.63, 3.8) is 0 Å². The van der Waals surface area contributed by atoms with E-state index in [1.54, 1.807) is 31.2 Å². The Morgan fingerprint density at radius 3 is 2.56 bits per heavy atom. The minimum atomic E-state index is -1.04. The number of carboxylic acid groups (broad SMARTS) is 1. The lowest BCUT2D eigenvalue weighted by atomic mass is 9.70. The molecular formula is C22H25NO4. The van der Waals surface area contributed by atoms with Crippen LogP contribution in [0.3, 0.4) is 0 Å². The summed E-state index contributed by atoms with van der Waals surface area (Å²) in [5.41, 5.74) is 2.85. The quantitative estimate of drug-likeness (QED) is 0.755. The molecule has 0 saturated heterocycles. The van der Waals surface area contributed by atoms with Gasteiger partial charge in [-0.05, 0) is 42.9 Å². The molecule has 2 atom stereocenters. The number of aliphatic carboxylic acids is 1. The van der Waals surface area contributed by atoms with Gasteiger partial charge in [-0.2, -0.15) is 0 Å². The minimum Gasteiger partial charge on any atom is -0.508 e. The van der Waals surface area contributed by atoms with Crippen molar-refractivity contribution in [3.05, 3.63) is 52.4 Å². The molecule has 142 valence electrons. The topological polar surface area (TPSA) is 86.6 Å². The van der Waals surface area contributed by atoms with Crippen LogP contribution in [0.4, 0.5) is 0 Å². The number of phenolic OH excluding ortho intramolecular Hbond substituents is 1. The number of hydrogen-bond acceptors (Lipinski definition) is 4. The first-order chi connectivity index (χ1) is 13.0. The average Bonchev–Trinajstić information content (AvgIpc) is 3.14. The highest BCUT2D eigenvalue weighted by Gasteiger charge is 2.42. The zero-order valence-corrected chi connectivity index (χ0v) is 15.5. The minimum absolute atomic E-state index is 0.0419. The average molecular weight is 367 g/mol. The Labute approximate surface area is 158 Å². The molecule has 1 heterocycles. The van der Waals surface area contributed by atoms with E-state index in [-0.39, 0.29) is 17.1 Å². The van der Waals surface area contributed by atoms with E-state index in [9.17, 15) is 19.8 Å². The molecule has 5 heteroatoms. The summed E-state index contributed by atoms with van der Waals surface area (Å²) in [6, 6.07) is 6.59. The SMILES string of the molecule is CC1=C(C(=O)O)C(c2cccc(O)c2)C2=C(CC(C3CCCC3)CC2=O)N1. The van der Waals surface area contributed by atoms with E-state index in [1.165, 1.54) is 25.7 Å². The number of allylic oxidation sites excluding steroid dienone is 3. The lowest BCUT2D eigenvalue weighted by Crippen LogP contribution is -2.37. The molecule has 1 fully saturated rings. The smallest absolute Gasteiger partial charge is 0.334 e. The van der Waals surface area contributed by atoms with Gasteiger partial charge in [0.2, 0.25) is 0 Å². The van der Waals surface area contributed by atoms with Crippen LogP contribution in [0.2, 0.25) is 0 Å². The van der Waals surface area contributed by atoms with Crippen molar-refractivity contribution >= 4 is 11.8 Å². The van der Waals surface area contributed by atoms with Crippen LogP contribution in [0.25, 0.3) is 0 Å². The van der Waals surface area contributed by atoms with Crippen LogP contribution in [0.15, 0.2) is 46.8 Å². The van der Waals surface area contributed by atoms with Gasteiger partial charge in [-0.25, -0.2) is 4.79 Å². The second kappa shape index (κ2) is 6.87. The Morgan fingerprint density at radius 1 is 1.15 bits per heavy atom. The largest absolute Gasteiger partial charge is 0.508 e. The first kappa shape index (κ1) is 17.8. The fourth-order valence-corrected chi connectivity index (χ4v) is 5.15. The second-order valence-electron chi connectivity index (χ2n) is 8.03. The lowest BCUT2D eigenvalue weighted by Gasteiger charge is -2.37. The number of rotatable bonds is 3. The molecule has 0 amide bonds. The van der Waals surface area contributed by atoms with E-state index in [0.29, 0.717) is 35.1 Å². The van der Waals surface area contributed by atoms with Gasteiger partial charge in [-0.3, -0.25) is 4.79 Å². The molecule has 1 aliphatic heterocycles. The first-order valence-electron chi connectivity index (χ1n) is 9.72. The van der Waals surface area contributed by atoms with Crippen molar-refractivity contribution in [2.45, 2.75) is 51.4 Å². The van der Waals surface area contributed by atoms with E-state index in [0.717, 1.165) is 12.1 Å². The summed E-state index contributed by atoms with van der Waals surface area (Å²) >= 11 is 0. The number of carboxylic acids is 1. The van der Waals surface area contributed by atoms with Gasteiger partial charge in [-0.1, -0.05) is 37.8 Å². The maximum absolute atomic E-state index is 13.2. The molecule has 1 aromatic rings. The van der Waals surface area contributed by atoms with Gasteiger partial charge in [0.15, 0.2) is 5.78 Å². The molecule has 0 radical (unpaired) electrons. The van der Waals surface area contributed by atoms with Crippen molar-refractivity contribution in [2.24, 2.45) is 11.8 Å². The summed E-state index contributed by atoms with van der Waals surface area (Å²) in [6.45, 7) is 1.76. The number of phenols is 1. The molecule has 3 aliphatic rings. The Balaban J connectivity index is 1.78. The van der Waals surface area contributed by atoms with Gasteiger partial charge < -0.3 is 15.5 Å². The summed E-state index contributed by atoms with van der Waals surface area (Å²) in [6.07, 6.45) is 6.14. The summed E-state index contributed by atoms with van der Waals surface area (Å²) < 4.78 is 0. The summed E-state index contributed by atoms with van der Waals surface area (Å²) in [5, 5.41) is 23.0. The number of hydrogen-bond donors (Lipinski definition) is 3. The first-order valence-corrected chi connectivity index (χ1v) is 9.72. The normalized spacial score (nSPS) is 26.2. The van der Waals surface area contributed by atoms with Gasteiger partial charge in [0.1, 0.15) is 5.75 Å². The van der Waals surface area contributed by atoms with E-state index in [4.69, 9.17) is 0 Å². The van der Waals surface area contributed by atoms with Crippen LogP contribution in [-0.2, 0) is 9.59 Å². The van der Waals surface area contributed by atoms with Crippen molar-refractivity contribution in [1.82, 2.24) is 5.32 Å². The van der Waals surface area contributed by atoms with Crippen LogP contribution >= 0.6 is 0 Å². The van der Waals surface area contributed by atoms with Crippen molar-refractivity contribution < 1.29 is 19.8 Å². The third-order valence-corrected chi connectivity index (χ3v) is 6.36. The van der Waals surface area contributed by atoms with Crippen molar-refractivity contribution in [1.29, 1.82) is 0 Å². The molecule has 27 heavy (non-hydrogen) atoms. The molecule has 3 N–H and O–H groups in total. The molecule has 1 aromatic carbocycles. The van der Waals surface area contributed by atoms with E-state index >= 15 is 0 Å². The highest BCUT2D eigenvalue weighted by molar-refractivity contribution is 6.03. The fourth-order valence-electron chi connectivity index (χ4n) is 5.15. The third kappa shape index (κ3) is 3.15. The molecule has 2 aliphatic carbocycles. The molecule has 5 nitrogen and oxygen atoms in total. The Kier molecular flexibility index (Phi) is 4.54. The van der Waals surface area contributed by atoms with Crippen LogP contribution in [0, 0.1) is 11.8 Å². The fraction of sp³-hybridized carbons (Fsp3) is 0.455. The van der Waals surface area contributed by atoms with Crippen LogP contribution < -0.4 is 5.32 Å². The van der Waals surface area contributed by atoms with Crippen molar-refractivity contribution in [2.75, 3.05) is 0 Å². The van der Waals surface area contributed by atoms with Gasteiger partial charge >= 0.3 is 5.97 Å². The van der Waals surface area contributed by atoms with Crippen LogP contribution in [0.5, 0.6) is 5.75 Å². The summed E-state index contributed by atoms with van der Waals surface area (Å²) in [4.78, 5) is 25.2. The number of aromatic hydroxyl groups is 1. The van der Waals surface area contributed by atoms with Crippen LogP contribution in [0.1, 0.15) is 56.9 Å². The number of benzene rings is 1. The molecule has 0 spiro atoms.